The molecule has 0 spiro atoms. The third-order valence-corrected chi connectivity index (χ3v) is 10.3. The summed E-state index contributed by atoms with van der Waals surface area (Å²) in [5, 5.41) is 11.2. The van der Waals surface area contributed by atoms with E-state index in [4.69, 9.17) is 11.6 Å². The Balaban J connectivity index is 1.36. The smallest absolute Gasteiger partial charge is 0.293 e. The van der Waals surface area contributed by atoms with Crippen molar-refractivity contribution < 1.29 is 39.6 Å². The van der Waals surface area contributed by atoms with Gasteiger partial charge in [0.15, 0.2) is 5.82 Å². The number of aromatic nitrogens is 5. The normalized spacial score (nSPS) is 17.9. The molecule has 7 rings (SSSR count). The average Bonchev–Trinajstić information content (AvgIpc) is 3.59. The fourth-order valence-electron chi connectivity index (χ4n) is 7.18. The highest BCUT2D eigenvalue weighted by atomic mass is 35.5. The Hall–Kier alpha value is -4.84. The van der Waals surface area contributed by atoms with Gasteiger partial charge in [-0.2, -0.15) is 19.0 Å². The van der Waals surface area contributed by atoms with Gasteiger partial charge >= 0.3 is 0 Å². The standard InChI is InChI=1S/C34H31ClF6N8O3S/c1-47(2)18-11-20(19-5-6-23(35)27-30(19)48(3)45-33(27)46-53(4,51)52)28(42-13-18)24(9-15-7-16(36)10-17(37)8-15)43-25(50)14-49-31-26(29(44-49)32(38)39)21-12-22(21)34(31,40)41/h5-8,10-11,13,21-22,24,32H,9,12,14H2,1-4H3,(H,43,50)(H,45,46)/t21-,22+,24-/m0/s1. The lowest BCUT2D eigenvalue weighted by molar-refractivity contribution is -0.123. The van der Waals surface area contributed by atoms with Crippen molar-refractivity contribution in [3.05, 3.63) is 87.5 Å². The number of carbonyl (C=O) groups is 1. The van der Waals surface area contributed by atoms with Crippen molar-refractivity contribution in [3.8, 4) is 11.1 Å². The topological polar surface area (TPSA) is 127 Å². The van der Waals surface area contributed by atoms with Crippen LogP contribution in [0.5, 0.6) is 0 Å². The highest BCUT2D eigenvalue weighted by Gasteiger charge is 2.67. The Bertz CT molecular complexity index is 2400. The Morgan fingerprint density at radius 3 is 2.42 bits per heavy atom. The Morgan fingerprint density at radius 2 is 1.77 bits per heavy atom. The minimum atomic E-state index is -3.79. The fourth-order valence-corrected chi connectivity index (χ4v) is 7.91. The molecule has 0 bridgehead atoms. The van der Waals surface area contributed by atoms with Crippen LogP contribution in [-0.4, -0.2) is 59.2 Å². The first-order valence-electron chi connectivity index (χ1n) is 16.2. The van der Waals surface area contributed by atoms with E-state index >= 15 is 8.78 Å². The maximum absolute atomic E-state index is 15.3. The van der Waals surface area contributed by atoms with Gasteiger partial charge < -0.3 is 10.2 Å². The van der Waals surface area contributed by atoms with Crippen LogP contribution in [0.25, 0.3) is 22.0 Å². The number of alkyl halides is 4. The third-order valence-electron chi connectivity index (χ3n) is 9.42. The van der Waals surface area contributed by atoms with E-state index in [0.29, 0.717) is 33.1 Å². The van der Waals surface area contributed by atoms with Crippen molar-refractivity contribution in [3.63, 3.8) is 0 Å². The summed E-state index contributed by atoms with van der Waals surface area (Å²) in [4.78, 5) is 20.2. The summed E-state index contributed by atoms with van der Waals surface area (Å²) < 4.78 is 116. The van der Waals surface area contributed by atoms with E-state index in [2.05, 4.69) is 25.2 Å². The van der Waals surface area contributed by atoms with Gasteiger partial charge in [0.2, 0.25) is 15.9 Å². The maximum atomic E-state index is 15.3. The molecule has 1 fully saturated rings. The van der Waals surface area contributed by atoms with E-state index in [9.17, 15) is 30.8 Å². The van der Waals surface area contributed by atoms with E-state index < -0.39 is 75.7 Å². The van der Waals surface area contributed by atoms with Crippen LogP contribution in [0.4, 0.5) is 37.8 Å². The SMILES string of the molecule is CN(C)c1cnc([C@H](Cc2cc(F)cc(F)c2)NC(=O)Cn2nc(C(F)F)c3c2C(F)(F)[C@@H]2C[C@H]32)c(-c2ccc(Cl)c3c(NS(C)(=O)=O)nn(C)c23)c1. The van der Waals surface area contributed by atoms with E-state index in [-0.39, 0.29) is 45.9 Å². The summed E-state index contributed by atoms with van der Waals surface area (Å²) in [6.45, 7) is -0.864. The molecule has 1 amide bonds. The lowest BCUT2D eigenvalue weighted by Gasteiger charge is -2.24. The number of nitrogens with one attached hydrogen (secondary N) is 2. The first kappa shape index (κ1) is 36.5. The molecule has 5 aromatic rings. The van der Waals surface area contributed by atoms with Gasteiger partial charge in [0.1, 0.15) is 29.6 Å². The lowest BCUT2D eigenvalue weighted by Crippen LogP contribution is -2.35. The van der Waals surface area contributed by atoms with Crippen molar-refractivity contribution in [2.24, 2.45) is 13.0 Å². The van der Waals surface area contributed by atoms with Crippen molar-refractivity contribution >= 4 is 49.9 Å². The van der Waals surface area contributed by atoms with Gasteiger partial charge in [0.25, 0.3) is 12.3 Å². The highest BCUT2D eigenvalue weighted by molar-refractivity contribution is 7.92. The average molecular weight is 781 g/mol. The van der Waals surface area contributed by atoms with Gasteiger partial charge in [0.05, 0.1) is 45.8 Å². The van der Waals surface area contributed by atoms with Crippen LogP contribution in [0.2, 0.25) is 5.02 Å². The number of sulfonamides is 1. The van der Waals surface area contributed by atoms with Gasteiger partial charge in [-0.25, -0.2) is 26.0 Å². The van der Waals surface area contributed by atoms with Crippen molar-refractivity contribution in [1.82, 2.24) is 29.9 Å². The largest absolute Gasteiger partial charge is 0.376 e. The van der Waals surface area contributed by atoms with E-state index in [1.54, 1.807) is 38.2 Å². The molecule has 0 radical (unpaired) electrons. The molecule has 3 atom stereocenters. The van der Waals surface area contributed by atoms with Gasteiger partial charge in [-0.05, 0) is 48.6 Å². The summed E-state index contributed by atoms with van der Waals surface area (Å²) in [6, 6.07) is 6.45. The number of benzene rings is 2. The Labute approximate surface area is 304 Å². The fraction of sp³-hybridized carbons (Fsp3) is 0.353. The summed E-state index contributed by atoms with van der Waals surface area (Å²) >= 11 is 6.58. The van der Waals surface area contributed by atoms with E-state index in [0.717, 1.165) is 18.4 Å². The zero-order valence-electron chi connectivity index (χ0n) is 28.4. The van der Waals surface area contributed by atoms with E-state index in [1.165, 1.54) is 16.9 Å². The van der Waals surface area contributed by atoms with E-state index in [1.807, 2.05) is 0 Å². The molecule has 19 heteroatoms. The molecule has 2 aliphatic rings. The third kappa shape index (κ3) is 6.66. The minimum absolute atomic E-state index is 0.0434. The van der Waals surface area contributed by atoms with Crippen LogP contribution >= 0.6 is 11.6 Å². The Kier molecular flexibility index (Phi) is 8.91. The second-order valence-corrected chi connectivity index (χ2v) is 15.6. The highest BCUT2D eigenvalue weighted by Crippen LogP contribution is 2.68. The zero-order chi connectivity index (χ0) is 38.3. The summed E-state index contributed by atoms with van der Waals surface area (Å²) in [6.07, 6.45) is -0.922. The van der Waals surface area contributed by atoms with Crippen LogP contribution in [0, 0.1) is 17.6 Å². The van der Waals surface area contributed by atoms with Crippen molar-refractivity contribution in [2.45, 2.75) is 43.7 Å². The molecular weight excluding hydrogens is 750 g/mol. The van der Waals surface area contributed by atoms with Crippen molar-refractivity contribution in [2.75, 3.05) is 30.0 Å². The molecule has 0 saturated heterocycles. The zero-order valence-corrected chi connectivity index (χ0v) is 30.0. The summed E-state index contributed by atoms with van der Waals surface area (Å²) in [5.41, 5.74) is 0.232. The molecule has 0 unspecified atom stereocenters. The number of carbonyl (C=O) groups excluding carboxylic acids is 1. The molecule has 0 aliphatic heterocycles. The number of nitrogens with zero attached hydrogens (tertiary/aromatic N) is 6. The van der Waals surface area contributed by atoms with Gasteiger partial charge in [-0.1, -0.05) is 17.7 Å². The second-order valence-electron chi connectivity index (χ2n) is 13.5. The molecule has 53 heavy (non-hydrogen) atoms. The molecule has 3 heterocycles. The molecule has 11 nitrogen and oxygen atoms in total. The quantitative estimate of drug-likeness (QED) is 0.148. The van der Waals surface area contributed by atoms with Crippen LogP contribution in [0.1, 0.15) is 53.0 Å². The Morgan fingerprint density at radius 1 is 1.08 bits per heavy atom. The first-order valence-corrected chi connectivity index (χ1v) is 18.4. The number of anilines is 2. The molecule has 2 N–H and O–H groups in total. The van der Waals surface area contributed by atoms with Crippen LogP contribution in [0.3, 0.4) is 0 Å². The number of hydrogen-bond donors (Lipinski definition) is 2. The predicted molar refractivity (Wildman–Crippen MR) is 185 cm³/mol. The second kappa shape index (κ2) is 12.9. The minimum Gasteiger partial charge on any atom is -0.376 e. The van der Waals surface area contributed by atoms with Gasteiger partial charge in [-0.15, -0.1) is 0 Å². The molecule has 2 aromatic carbocycles. The van der Waals surface area contributed by atoms with Gasteiger partial charge in [-0.3, -0.25) is 23.9 Å². The molecule has 1 saturated carbocycles. The molecule has 2 aliphatic carbocycles. The number of hydrogen-bond acceptors (Lipinski definition) is 7. The number of fused-ring (bicyclic) bond motifs is 4. The number of amides is 1. The molecular formula is C34H31ClF6N8O3S. The van der Waals surface area contributed by atoms with Crippen LogP contribution in [-0.2, 0) is 40.8 Å². The number of halogens is 7. The monoisotopic (exact) mass is 780 g/mol. The first-order chi connectivity index (χ1) is 24.8. The van der Waals surface area contributed by atoms with Crippen LogP contribution < -0.4 is 14.9 Å². The number of rotatable bonds is 11. The maximum Gasteiger partial charge on any atom is 0.293 e. The predicted octanol–water partition coefficient (Wildman–Crippen LogP) is 6.45. The molecule has 3 aromatic heterocycles. The summed E-state index contributed by atoms with van der Waals surface area (Å²) in [5.74, 6) is -8.14. The van der Waals surface area contributed by atoms with Crippen LogP contribution in [0.15, 0.2) is 42.6 Å². The summed E-state index contributed by atoms with van der Waals surface area (Å²) in [7, 11) is 1.27. The number of pyridine rings is 1. The molecule has 280 valence electrons. The van der Waals surface area contributed by atoms with Gasteiger partial charge in [0, 0.05) is 49.8 Å². The van der Waals surface area contributed by atoms with Crippen molar-refractivity contribution in [1.29, 1.82) is 0 Å². The lowest BCUT2D eigenvalue weighted by atomic mass is 9.93. The number of aryl methyl sites for hydroxylation is 1.